The molecule has 0 aromatic carbocycles. The first-order chi connectivity index (χ1) is 9.20. The second kappa shape index (κ2) is 5.45. The lowest BCUT2D eigenvalue weighted by atomic mass is 9.91. The molecule has 0 radical (unpaired) electrons. The number of rotatable bonds is 3. The molecular weight excluding hydrogens is 293 g/mol. The van der Waals surface area contributed by atoms with Gasteiger partial charge in [-0.2, -0.15) is 22.5 Å². The van der Waals surface area contributed by atoms with E-state index in [-0.39, 0.29) is 5.13 Å². The zero-order valence-electron chi connectivity index (χ0n) is 11.3. The predicted molar refractivity (Wildman–Crippen MR) is 69.9 cm³/mol. The van der Waals surface area contributed by atoms with Crippen LogP contribution in [0, 0.1) is 0 Å². The number of halogens is 3. The van der Waals surface area contributed by atoms with Crippen LogP contribution in [-0.2, 0) is 6.18 Å². The van der Waals surface area contributed by atoms with Gasteiger partial charge in [-0.15, -0.1) is 0 Å². The molecule has 0 atom stereocenters. The van der Waals surface area contributed by atoms with E-state index in [4.69, 9.17) is 0 Å². The van der Waals surface area contributed by atoms with Gasteiger partial charge in [0, 0.05) is 31.2 Å². The Hall–Kier alpha value is -0.930. The third kappa shape index (κ3) is 3.58. The molecule has 2 rings (SSSR count). The van der Waals surface area contributed by atoms with E-state index in [0.717, 1.165) is 11.5 Å². The Morgan fingerprint density at radius 1 is 1.35 bits per heavy atom. The second-order valence-corrected chi connectivity index (χ2v) is 6.08. The standard InChI is InChI=1S/C11H17F3N4OS/c1-17(2)7-10(19)3-5-18(6-4-10)9-15-8(16-20-9)11(12,13)14/h19H,3-7H2,1-2H3. The fourth-order valence-corrected chi connectivity index (χ4v) is 3.06. The number of likely N-dealkylation sites (N-methyl/N-ethyl adjacent to an activating group) is 1. The zero-order chi connectivity index (χ0) is 15.0. The molecule has 1 saturated heterocycles. The molecule has 0 spiro atoms. The van der Waals surface area contributed by atoms with Gasteiger partial charge in [-0.05, 0) is 26.9 Å². The van der Waals surface area contributed by atoms with Gasteiger partial charge in [0.25, 0.3) is 0 Å². The normalized spacial score (nSPS) is 19.6. The summed E-state index contributed by atoms with van der Waals surface area (Å²) in [6.45, 7) is 1.51. The first-order valence-corrected chi connectivity index (χ1v) is 7.00. The highest BCUT2D eigenvalue weighted by molar-refractivity contribution is 7.09. The summed E-state index contributed by atoms with van der Waals surface area (Å²) >= 11 is 0.750. The minimum absolute atomic E-state index is 0.268. The summed E-state index contributed by atoms with van der Waals surface area (Å²) in [5.41, 5.74) is -0.780. The highest BCUT2D eigenvalue weighted by atomic mass is 32.1. The Kier molecular flexibility index (Phi) is 4.22. The van der Waals surface area contributed by atoms with Crippen molar-refractivity contribution in [1.29, 1.82) is 0 Å². The molecule has 1 aromatic rings. The number of aliphatic hydroxyl groups is 1. The Labute approximate surface area is 119 Å². The van der Waals surface area contributed by atoms with E-state index >= 15 is 0 Å². The van der Waals surface area contributed by atoms with Crippen molar-refractivity contribution < 1.29 is 18.3 Å². The molecule has 0 bridgehead atoms. The zero-order valence-corrected chi connectivity index (χ0v) is 12.1. The Balaban J connectivity index is 1.99. The summed E-state index contributed by atoms with van der Waals surface area (Å²) in [6.07, 6.45) is -3.49. The molecule has 0 unspecified atom stereocenters. The minimum atomic E-state index is -4.50. The average molecular weight is 310 g/mol. The molecule has 1 aliphatic rings. The van der Waals surface area contributed by atoms with Crippen molar-refractivity contribution in [2.75, 3.05) is 38.6 Å². The van der Waals surface area contributed by atoms with E-state index in [9.17, 15) is 18.3 Å². The van der Waals surface area contributed by atoms with Crippen LogP contribution in [-0.4, -0.2) is 58.7 Å². The number of piperidine rings is 1. The van der Waals surface area contributed by atoms with Crippen molar-refractivity contribution in [1.82, 2.24) is 14.3 Å². The first kappa shape index (κ1) is 15.5. The van der Waals surface area contributed by atoms with Crippen LogP contribution in [0.5, 0.6) is 0 Å². The monoisotopic (exact) mass is 310 g/mol. The van der Waals surface area contributed by atoms with Crippen LogP contribution >= 0.6 is 11.5 Å². The fourth-order valence-electron chi connectivity index (χ4n) is 2.32. The maximum atomic E-state index is 12.5. The molecule has 1 fully saturated rings. The lowest BCUT2D eigenvalue weighted by molar-refractivity contribution is -0.144. The number of nitrogens with zero attached hydrogens (tertiary/aromatic N) is 4. The Morgan fingerprint density at radius 3 is 2.40 bits per heavy atom. The van der Waals surface area contributed by atoms with Gasteiger partial charge < -0.3 is 14.9 Å². The predicted octanol–water partition coefficient (Wildman–Crippen LogP) is 1.45. The van der Waals surface area contributed by atoms with Crippen molar-refractivity contribution in [3.63, 3.8) is 0 Å². The van der Waals surface area contributed by atoms with Crippen LogP contribution in [0.1, 0.15) is 18.7 Å². The van der Waals surface area contributed by atoms with Gasteiger partial charge in [0.1, 0.15) is 0 Å². The summed E-state index contributed by atoms with van der Waals surface area (Å²) in [6, 6.07) is 0. The molecule has 9 heteroatoms. The average Bonchev–Trinajstić information content (AvgIpc) is 2.77. The summed E-state index contributed by atoms with van der Waals surface area (Å²) in [5, 5.41) is 10.6. The highest BCUT2D eigenvalue weighted by Crippen LogP contribution is 2.32. The van der Waals surface area contributed by atoms with Crippen molar-refractivity contribution in [2.45, 2.75) is 24.6 Å². The molecule has 114 valence electrons. The maximum absolute atomic E-state index is 12.5. The van der Waals surface area contributed by atoms with Crippen molar-refractivity contribution >= 4 is 16.7 Å². The number of aromatic nitrogens is 2. The third-order valence-electron chi connectivity index (χ3n) is 3.24. The molecular formula is C11H17F3N4OS. The summed E-state index contributed by atoms with van der Waals surface area (Å²) in [7, 11) is 3.76. The highest BCUT2D eigenvalue weighted by Gasteiger charge is 2.38. The quantitative estimate of drug-likeness (QED) is 0.916. The van der Waals surface area contributed by atoms with Crippen molar-refractivity contribution in [2.24, 2.45) is 0 Å². The van der Waals surface area contributed by atoms with Gasteiger partial charge in [-0.25, -0.2) is 0 Å². The second-order valence-electron chi connectivity index (χ2n) is 5.35. The number of anilines is 1. The van der Waals surface area contributed by atoms with Crippen LogP contribution in [0.3, 0.4) is 0 Å². The van der Waals surface area contributed by atoms with E-state index in [2.05, 4.69) is 9.36 Å². The topological polar surface area (TPSA) is 52.5 Å². The van der Waals surface area contributed by atoms with E-state index in [0.29, 0.717) is 32.5 Å². The molecule has 20 heavy (non-hydrogen) atoms. The van der Waals surface area contributed by atoms with Gasteiger partial charge in [0.15, 0.2) is 0 Å². The lowest BCUT2D eigenvalue weighted by Gasteiger charge is -2.39. The van der Waals surface area contributed by atoms with Crippen LogP contribution in [0.4, 0.5) is 18.3 Å². The molecule has 1 aliphatic heterocycles. The van der Waals surface area contributed by atoms with Gasteiger partial charge in [0.2, 0.25) is 11.0 Å². The van der Waals surface area contributed by atoms with E-state index in [1.807, 2.05) is 19.0 Å². The molecule has 0 amide bonds. The Bertz CT molecular complexity index is 455. The molecule has 2 heterocycles. The Morgan fingerprint density at radius 2 is 1.95 bits per heavy atom. The van der Waals surface area contributed by atoms with E-state index in [1.165, 1.54) is 0 Å². The molecule has 1 N–H and O–H groups in total. The minimum Gasteiger partial charge on any atom is -0.388 e. The first-order valence-electron chi connectivity index (χ1n) is 6.23. The smallest absolute Gasteiger partial charge is 0.388 e. The molecule has 1 aromatic heterocycles. The van der Waals surface area contributed by atoms with Crippen LogP contribution in [0.25, 0.3) is 0 Å². The molecule has 0 aliphatic carbocycles. The number of hydrogen-bond acceptors (Lipinski definition) is 6. The largest absolute Gasteiger partial charge is 0.452 e. The summed E-state index contributed by atoms with van der Waals surface area (Å²) < 4.78 is 40.7. The maximum Gasteiger partial charge on any atom is 0.452 e. The van der Waals surface area contributed by atoms with Crippen molar-refractivity contribution in [3.05, 3.63) is 5.82 Å². The SMILES string of the molecule is CN(C)CC1(O)CCN(c2nc(C(F)(F)F)ns2)CC1. The lowest BCUT2D eigenvalue weighted by Crippen LogP contribution is -2.49. The number of alkyl halides is 3. The molecule has 0 saturated carbocycles. The summed E-state index contributed by atoms with van der Waals surface area (Å²) in [5.74, 6) is -1.09. The van der Waals surface area contributed by atoms with Gasteiger partial charge in [0.05, 0.1) is 5.60 Å². The van der Waals surface area contributed by atoms with E-state index in [1.54, 1.807) is 4.90 Å². The number of hydrogen-bond donors (Lipinski definition) is 1. The van der Waals surface area contributed by atoms with Crippen LogP contribution in [0.15, 0.2) is 0 Å². The van der Waals surface area contributed by atoms with Crippen LogP contribution < -0.4 is 4.90 Å². The van der Waals surface area contributed by atoms with Gasteiger partial charge in [-0.3, -0.25) is 0 Å². The van der Waals surface area contributed by atoms with Crippen molar-refractivity contribution in [3.8, 4) is 0 Å². The fraction of sp³-hybridized carbons (Fsp3) is 0.818. The van der Waals surface area contributed by atoms with Gasteiger partial charge >= 0.3 is 6.18 Å². The summed E-state index contributed by atoms with van der Waals surface area (Å²) in [4.78, 5) is 7.18. The van der Waals surface area contributed by atoms with Crippen LogP contribution in [0.2, 0.25) is 0 Å². The van der Waals surface area contributed by atoms with Gasteiger partial charge in [-0.1, -0.05) is 0 Å². The van der Waals surface area contributed by atoms with E-state index < -0.39 is 17.6 Å². The molecule has 5 nitrogen and oxygen atoms in total. The third-order valence-corrected chi connectivity index (χ3v) is 4.02.